The number of carbonyl (C=O) groups excluding carboxylic acids is 1. The van der Waals surface area contributed by atoms with E-state index >= 15 is 0 Å². The summed E-state index contributed by atoms with van der Waals surface area (Å²) in [6.45, 7) is 4.95. The van der Waals surface area contributed by atoms with E-state index in [1.165, 1.54) is 0 Å². The van der Waals surface area contributed by atoms with Crippen molar-refractivity contribution >= 4 is 24.2 Å². The van der Waals surface area contributed by atoms with E-state index < -0.39 is 17.8 Å². The second kappa shape index (κ2) is 13.1. The Morgan fingerprint density at radius 2 is 1.56 bits per heavy atom. The van der Waals surface area contributed by atoms with Gasteiger partial charge in [-0.1, -0.05) is 6.92 Å². The molecule has 3 saturated carbocycles. The van der Waals surface area contributed by atoms with Crippen molar-refractivity contribution in [2.45, 2.75) is 109 Å². The zero-order valence-corrected chi connectivity index (χ0v) is 20.1. The molecule has 0 heterocycles. The van der Waals surface area contributed by atoms with Gasteiger partial charge in [-0.3, -0.25) is 13.8 Å². The van der Waals surface area contributed by atoms with E-state index in [2.05, 4.69) is 12.2 Å². The fourth-order valence-electron chi connectivity index (χ4n) is 5.19. The van der Waals surface area contributed by atoms with Crippen molar-refractivity contribution in [1.29, 1.82) is 0 Å². The molecular weight excluding hydrogens is 434 g/mol. The Bertz CT molecular complexity index is 591. The van der Waals surface area contributed by atoms with Crippen LogP contribution in [0.25, 0.3) is 0 Å². The van der Waals surface area contributed by atoms with Crippen LogP contribution in [0, 0.1) is 17.8 Å². The maximum atomic E-state index is 13.0. The number of carboxylic acid groups (broad SMARTS) is 1. The van der Waals surface area contributed by atoms with Crippen LogP contribution in [0.3, 0.4) is 0 Å². The molecule has 3 atom stereocenters. The molecule has 3 unspecified atom stereocenters. The number of amides is 1. The summed E-state index contributed by atoms with van der Waals surface area (Å²) in [6.07, 6.45) is 9.31. The molecule has 184 valence electrons. The predicted molar refractivity (Wildman–Crippen MR) is 120 cm³/mol. The quantitative estimate of drug-likeness (QED) is 0.208. The number of carbonyl (C=O) groups is 2. The van der Waals surface area contributed by atoms with Gasteiger partial charge in [-0.05, 0) is 83.5 Å². The number of rotatable bonds is 10. The zero-order chi connectivity index (χ0) is 22.9. The Balaban J connectivity index is 1.41. The van der Waals surface area contributed by atoms with Crippen LogP contribution in [-0.2, 0) is 27.7 Å². The van der Waals surface area contributed by atoms with Gasteiger partial charge in [-0.2, -0.15) is 0 Å². The minimum Gasteiger partial charge on any atom is -0.481 e. The molecule has 0 saturated heterocycles. The summed E-state index contributed by atoms with van der Waals surface area (Å²) < 4.78 is 16.6. The first kappa shape index (κ1) is 25.7. The second-order valence-corrected chi connectivity index (χ2v) is 10.1. The molecule has 9 heteroatoms. The van der Waals surface area contributed by atoms with E-state index in [0.29, 0.717) is 25.9 Å². The fraction of sp³-hybridized carbons (Fsp3) is 0.913. The van der Waals surface area contributed by atoms with Crippen LogP contribution < -0.4 is 5.32 Å². The number of carboxylic acids is 1. The summed E-state index contributed by atoms with van der Waals surface area (Å²) in [5, 5.41) is 12.7. The lowest BCUT2D eigenvalue weighted by molar-refractivity contribution is -0.244. The normalized spacial score (nSPS) is 35.9. The van der Waals surface area contributed by atoms with Crippen LogP contribution in [0.15, 0.2) is 0 Å². The van der Waals surface area contributed by atoms with Crippen LogP contribution in [0.1, 0.15) is 84.5 Å². The Hall–Kier alpha value is -0.870. The minimum atomic E-state index is -0.914. The SMILES string of the molecule is CCOC1CCC(NC(=O)C2CC(OSOOC3CCC(C)CC3)CCC2C(=O)O)CC1. The van der Waals surface area contributed by atoms with Gasteiger partial charge in [0.25, 0.3) is 0 Å². The van der Waals surface area contributed by atoms with Crippen LogP contribution in [0.2, 0.25) is 0 Å². The number of hydrogen-bond acceptors (Lipinski definition) is 7. The van der Waals surface area contributed by atoms with E-state index in [0.717, 1.165) is 69.6 Å². The molecule has 0 aromatic heterocycles. The fourth-order valence-corrected chi connectivity index (χ4v) is 5.65. The van der Waals surface area contributed by atoms with Crippen LogP contribution in [0.5, 0.6) is 0 Å². The van der Waals surface area contributed by atoms with Gasteiger partial charge >= 0.3 is 5.97 Å². The molecule has 0 spiro atoms. The summed E-state index contributed by atoms with van der Waals surface area (Å²) >= 11 is 0.803. The predicted octanol–water partition coefficient (Wildman–Crippen LogP) is 4.43. The second-order valence-electron chi connectivity index (χ2n) is 9.63. The first-order chi connectivity index (χ1) is 15.5. The number of ether oxygens (including phenoxy) is 1. The molecule has 0 aliphatic heterocycles. The summed E-state index contributed by atoms with van der Waals surface area (Å²) in [5.74, 6) is -1.63. The van der Waals surface area contributed by atoms with Gasteiger partial charge in [0.1, 0.15) is 0 Å². The van der Waals surface area contributed by atoms with Gasteiger partial charge < -0.3 is 15.2 Å². The first-order valence-electron chi connectivity index (χ1n) is 12.3. The minimum absolute atomic E-state index is 0.0827. The van der Waals surface area contributed by atoms with E-state index in [1.54, 1.807) is 0 Å². The summed E-state index contributed by atoms with van der Waals surface area (Å²) in [5.41, 5.74) is 0. The lowest BCUT2D eigenvalue weighted by Gasteiger charge is -2.34. The Morgan fingerprint density at radius 1 is 0.906 bits per heavy atom. The largest absolute Gasteiger partial charge is 0.481 e. The third-order valence-corrected chi connectivity index (χ3v) is 7.71. The van der Waals surface area contributed by atoms with Gasteiger partial charge in [0.15, 0.2) is 12.3 Å². The molecule has 32 heavy (non-hydrogen) atoms. The van der Waals surface area contributed by atoms with E-state index in [1.807, 2.05) is 6.92 Å². The standard InChI is InChI=1S/C23H39NO7S/c1-3-28-17-10-6-16(7-11-17)24-22(25)21-14-19(12-13-20(21)23(26)27)30-32-31-29-18-8-4-15(2)5-9-18/h15-21H,3-14H2,1-2H3,(H,24,25)(H,26,27). The molecule has 3 aliphatic rings. The third kappa shape index (κ3) is 7.87. The first-order valence-corrected chi connectivity index (χ1v) is 12.9. The zero-order valence-electron chi connectivity index (χ0n) is 19.3. The van der Waals surface area contributed by atoms with E-state index in [9.17, 15) is 14.7 Å². The molecule has 3 rings (SSSR count). The molecule has 3 aliphatic carbocycles. The highest BCUT2D eigenvalue weighted by Crippen LogP contribution is 2.35. The molecule has 0 aromatic rings. The van der Waals surface area contributed by atoms with Crippen molar-refractivity contribution < 1.29 is 32.8 Å². The molecule has 0 radical (unpaired) electrons. The highest BCUT2D eigenvalue weighted by molar-refractivity contribution is 7.89. The maximum Gasteiger partial charge on any atom is 0.307 e. The molecule has 0 bridgehead atoms. The maximum absolute atomic E-state index is 13.0. The smallest absolute Gasteiger partial charge is 0.307 e. The van der Waals surface area contributed by atoms with Gasteiger partial charge in [0.2, 0.25) is 5.91 Å². The average molecular weight is 474 g/mol. The van der Waals surface area contributed by atoms with E-state index in [4.69, 9.17) is 18.1 Å². The monoisotopic (exact) mass is 473 g/mol. The number of nitrogens with one attached hydrogen (secondary N) is 1. The lowest BCUT2D eigenvalue weighted by Crippen LogP contribution is -2.47. The molecular formula is C23H39NO7S. The Labute approximate surface area is 195 Å². The molecule has 3 fully saturated rings. The molecule has 0 aromatic carbocycles. The topological polar surface area (TPSA) is 103 Å². The number of hydrogen-bond donors (Lipinski definition) is 2. The Kier molecular flexibility index (Phi) is 10.6. The van der Waals surface area contributed by atoms with Gasteiger partial charge in [-0.15, -0.1) is 4.33 Å². The lowest BCUT2D eigenvalue weighted by atomic mass is 9.77. The highest BCUT2D eigenvalue weighted by atomic mass is 32.2. The van der Waals surface area contributed by atoms with Crippen LogP contribution in [-0.4, -0.2) is 47.9 Å². The highest BCUT2D eigenvalue weighted by Gasteiger charge is 2.41. The average Bonchev–Trinajstić information content (AvgIpc) is 2.79. The van der Waals surface area contributed by atoms with Crippen molar-refractivity contribution in [3.8, 4) is 0 Å². The van der Waals surface area contributed by atoms with Crippen molar-refractivity contribution in [3.63, 3.8) is 0 Å². The van der Waals surface area contributed by atoms with Crippen LogP contribution >= 0.6 is 12.3 Å². The van der Waals surface area contributed by atoms with Gasteiger partial charge in [0, 0.05) is 12.6 Å². The van der Waals surface area contributed by atoms with Crippen molar-refractivity contribution in [2.75, 3.05) is 6.61 Å². The summed E-state index contributed by atoms with van der Waals surface area (Å²) in [4.78, 5) is 30.2. The number of aliphatic carboxylic acids is 1. The summed E-state index contributed by atoms with van der Waals surface area (Å²) in [7, 11) is 0. The van der Waals surface area contributed by atoms with Gasteiger partial charge in [0.05, 0.1) is 30.1 Å². The van der Waals surface area contributed by atoms with E-state index in [-0.39, 0.29) is 30.3 Å². The van der Waals surface area contributed by atoms with Crippen molar-refractivity contribution in [3.05, 3.63) is 0 Å². The third-order valence-electron chi connectivity index (χ3n) is 7.22. The summed E-state index contributed by atoms with van der Waals surface area (Å²) in [6, 6.07) is 0.0827. The van der Waals surface area contributed by atoms with Crippen molar-refractivity contribution in [2.24, 2.45) is 17.8 Å². The van der Waals surface area contributed by atoms with Crippen LogP contribution in [0.4, 0.5) is 0 Å². The van der Waals surface area contributed by atoms with Gasteiger partial charge in [-0.25, -0.2) is 4.89 Å². The Morgan fingerprint density at radius 3 is 2.22 bits per heavy atom. The molecule has 2 N–H and O–H groups in total. The molecule has 8 nitrogen and oxygen atoms in total. The van der Waals surface area contributed by atoms with Crippen molar-refractivity contribution in [1.82, 2.24) is 5.32 Å². The molecule has 1 amide bonds.